The van der Waals surface area contributed by atoms with Crippen LogP contribution < -0.4 is 4.74 Å². The second kappa shape index (κ2) is 7.22. The molecule has 0 spiro atoms. The smallest absolute Gasteiger partial charge is 0.257 e. The molecule has 2 rings (SSSR count). The Hall–Kier alpha value is -2.43. The summed E-state index contributed by atoms with van der Waals surface area (Å²) in [5, 5.41) is 0. The number of halogens is 2. The molecule has 1 unspecified atom stereocenters. The number of benzene rings is 2. The Morgan fingerprint density at radius 1 is 1.22 bits per heavy atom. The summed E-state index contributed by atoms with van der Waals surface area (Å²) in [7, 11) is 1.57. The normalized spacial score (nSPS) is 11.9. The van der Waals surface area contributed by atoms with E-state index in [4.69, 9.17) is 4.74 Å². The molecule has 2 aromatic rings. The minimum atomic E-state index is -0.855. The first-order chi connectivity index (χ1) is 11.0. The molecule has 3 nitrogen and oxygen atoms in total. The van der Waals surface area contributed by atoms with Gasteiger partial charge in [-0.25, -0.2) is 8.78 Å². The van der Waals surface area contributed by atoms with Crippen LogP contribution >= 0.6 is 0 Å². The van der Waals surface area contributed by atoms with E-state index in [1.54, 1.807) is 7.11 Å². The van der Waals surface area contributed by atoms with Crippen LogP contribution in [0.2, 0.25) is 0 Å². The van der Waals surface area contributed by atoms with Gasteiger partial charge in [0.05, 0.1) is 18.7 Å². The Morgan fingerprint density at radius 2 is 1.96 bits per heavy atom. The van der Waals surface area contributed by atoms with Crippen molar-refractivity contribution < 1.29 is 18.3 Å². The lowest BCUT2D eigenvalue weighted by Crippen LogP contribution is -2.34. The van der Waals surface area contributed by atoms with Crippen LogP contribution in [0.3, 0.4) is 0 Å². The maximum atomic E-state index is 13.9. The lowest BCUT2D eigenvalue weighted by atomic mass is 10.0. The maximum absolute atomic E-state index is 13.9. The van der Waals surface area contributed by atoms with E-state index in [9.17, 15) is 13.6 Å². The molecular formula is C18H19F2NO2. The molecule has 0 aliphatic heterocycles. The first-order valence-corrected chi connectivity index (χ1v) is 7.38. The molecule has 1 amide bonds. The van der Waals surface area contributed by atoms with E-state index >= 15 is 0 Å². The SMILES string of the molecule is CCN(C(=O)c1ccc(F)cc1F)C(C)c1cccc(OC)c1. The first kappa shape index (κ1) is 16.9. The van der Waals surface area contributed by atoms with Gasteiger partial charge >= 0.3 is 0 Å². The zero-order valence-corrected chi connectivity index (χ0v) is 13.3. The fraction of sp³-hybridized carbons (Fsp3) is 0.278. The monoisotopic (exact) mass is 319 g/mol. The first-order valence-electron chi connectivity index (χ1n) is 7.38. The molecule has 0 aliphatic carbocycles. The number of hydrogen-bond acceptors (Lipinski definition) is 2. The molecule has 5 heteroatoms. The minimum absolute atomic E-state index is 0.136. The number of rotatable bonds is 5. The molecule has 122 valence electrons. The molecule has 0 aliphatic rings. The third-order valence-corrected chi connectivity index (χ3v) is 3.81. The molecule has 1 atom stereocenters. The maximum Gasteiger partial charge on any atom is 0.257 e. The summed E-state index contributed by atoms with van der Waals surface area (Å²) in [6, 6.07) is 10.1. The molecule has 0 bridgehead atoms. The number of hydrogen-bond donors (Lipinski definition) is 0. The quantitative estimate of drug-likeness (QED) is 0.827. The van der Waals surface area contributed by atoms with Crippen molar-refractivity contribution in [2.24, 2.45) is 0 Å². The van der Waals surface area contributed by atoms with Gasteiger partial charge in [-0.2, -0.15) is 0 Å². The van der Waals surface area contributed by atoms with Gasteiger partial charge in [-0.05, 0) is 43.7 Å². The topological polar surface area (TPSA) is 29.5 Å². The van der Waals surface area contributed by atoms with E-state index in [0.29, 0.717) is 12.3 Å². The molecule has 2 aromatic carbocycles. The predicted molar refractivity (Wildman–Crippen MR) is 84.5 cm³/mol. The van der Waals surface area contributed by atoms with Gasteiger partial charge in [0, 0.05) is 12.6 Å². The molecular weight excluding hydrogens is 300 g/mol. The summed E-state index contributed by atoms with van der Waals surface area (Å²) in [4.78, 5) is 14.1. The highest BCUT2D eigenvalue weighted by molar-refractivity contribution is 5.94. The number of ether oxygens (including phenoxy) is 1. The van der Waals surface area contributed by atoms with Crippen LogP contribution in [0.25, 0.3) is 0 Å². The van der Waals surface area contributed by atoms with E-state index in [1.165, 1.54) is 11.0 Å². The van der Waals surface area contributed by atoms with E-state index in [2.05, 4.69) is 0 Å². The highest BCUT2D eigenvalue weighted by Gasteiger charge is 2.24. The summed E-state index contributed by atoms with van der Waals surface area (Å²) in [6.07, 6.45) is 0. The fourth-order valence-electron chi connectivity index (χ4n) is 2.49. The minimum Gasteiger partial charge on any atom is -0.497 e. The zero-order chi connectivity index (χ0) is 17.0. The number of methoxy groups -OCH3 is 1. The van der Waals surface area contributed by atoms with Crippen LogP contribution in [0.4, 0.5) is 8.78 Å². The van der Waals surface area contributed by atoms with Gasteiger partial charge in [-0.1, -0.05) is 12.1 Å². The molecule has 0 saturated carbocycles. The summed E-state index contributed by atoms with van der Waals surface area (Å²) >= 11 is 0. The lowest BCUT2D eigenvalue weighted by Gasteiger charge is -2.29. The molecule has 0 heterocycles. The van der Waals surface area contributed by atoms with Crippen molar-refractivity contribution in [3.05, 3.63) is 65.2 Å². The number of carbonyl (C=O) groups is 1. The molecule has 0 saturated heterocycles. The van der Waals surface area contributed by atoms with Gasteiger partial charge in [0.25, 0.3) is 5.91 Å². The molecule has 0 fully saturated rings. The van der Waals surface area contributed by atoms with Crippen molar-refractivity contribution in [2.75, 3.05) is 13.7 Å². The van der Waals surface area contributed by atoms with Crippen LogP contribution in [-0.2, 0) is 0 Å². The summed E-state index contributed by atoms with van der Waals surface area (Å²) in [6.45, 7) is 4.07. The van der Waals surface area contributed by atoms with E-state index in [0.717, 1.165) is 17.7 Å². The number of carbonyl (C=O) groups excluding carboxylic acids is 1. The Labute approximate surface area is 134 Å². The standard InChI is InChI=1S/C18H19F2NO2/c1-4-21(12(2)13-6-5-7-15(10-13)23-3)18(22)16-9-8-14(19)11-17(16)20/h5-12H,4H2,1-3H3. The Bertz CT molecular complexity index is 703. The van der Waals surface area contributed by atoms with Crippen molar-refractivity contribution in [2.45, 2.75) is 19.9 Å². The molecule has 0 N–H and O–H groups in total. The fourth-order valence-corrected chi connectivity index (χ4v) is 2.49. The van der Waals surface area contributed by atoms with Crippen LogP contribution in [0, 0.1) is 11.6 Å². The average Bonchev–Trinajstić information content (AvgIpc) is 2.55. The second-order valence-corrected chi connectivity index (χ2v) is 5.17. The van der Waals surface area contributed by atoms with Crippen molar-refractivity contribution in [3.63, 3.8) is 0 Å². The predicted octanol–water partition coefficient (Wildman–Crippen LogP) is 4.20. The van der Waals surface area contributed by atoms with Crippen LogP contribution in [0.1, 0.15) is 35.8 Å². The van der Waals surface area contributed by atoms with Gasteiger partial charge < -0.3 is 9.64 Å². The highest BCUT2D eigenvalue weighted by Crippen LogP contribution is 2.26. The van der Waals surface area contributed by atoms with E-state index in [1.807, 2.05) is 38.1 Å². The summed E-state index contributed by atoms with van der Waals surface area (Å²) in [5.74, 6) is -1.35. The Kier molecular flexibility index (Phi) is 5.32. The van der Waals surface area contributed by atoms with Gasteiger partial charge in [0.2, 0.25) is 0 Å². The van der Waals surface area contributed by atoms with Gasteiger partial charge in [-0.15, -0.1) is 0 Å². The second-order valence-electron chi connectivity index (χ2n) is 5.17. The van der Waals surface area contributed by atoms with Gasteiger partial charge in [0.1, 0.15) is 17.4 Å². The molecule has 0 radical (unpaired) electrons. The largest absolute Gasteiger partial charge is 0.497 e. The Morgan fingerprint density at radius 3 is 2.57 bits per heavy atom. The zero-order valence-electron chi connectivity index (χ0n) is 13.3. The summed E-state index contributed by atoms with van der Waals surface area (Å²) < 4.78 is 32.1. The van der Waals surface area contributed by atoms with Gasteiger partial charge in [0.15, 0.2) is 0 Å². The van der Waals surface area contributed by atoms with Crippen molar-refractivity contribution in [3.8, 4) is 5.75 Å². The van der Waals surface area contributed by atoms with E-state index in [-0.39, 0.29) is 11.6 Å². The Balaban J connectivity index is 2.32. The van der Waals surface area contributed by atoms with E-state index < -0.39 is 17.5 Å². The third-order valence-electron chi connectivity index (χ3n) is 3.81. The molecule has 0 aromatic heterocycles. The van der Waals surface area contributed by atoms with Crippen LogP contribution in [-0.4, -0.2) is 24.5 Å². The highest BCUT2D eigenvalue weighted by atomic mass is 19.1. The average molecular weight is 319 g/mol. The number of amides is 1. The van der Waals surface area contributed by atoms with Crippen molar-refractivity contribution in [1.82, 2.24) is 4.90 Å². The number of nitrogens with zero attached hydrogens (tertiary/aromatic N) is 1. The summed E-state index contributed by atoms with van der Waals surface area (Å²) in [5.41, 5.74) is 0.741. The lowest BCUT2D eigenvalue weighted by molar-refractivity contribution is 0.0697. The van der Waals surface area contributed by atoms with Gasteiger partial charge in [-0.3, -0.25) is 4.79 Å². The van der Waals surface area contributed by atoms with Crippen LogP contribution in [0.5, 0.6) is 5.75 Å². The van der Waals surface area contributed by atoms with Crippen LogP contribution in [0.15, 0.2) is 42.5 Å². The van der Waals surface area contributed by atoms with Crippen molar-refractivity contribution >= 4 is 5.91 Å². The molecule has 23 heavy (non-hydrogen) atoms. The third kappa shape index (κ3) is 3.67. The van der Waals surface area contributed by atoms with Crippen molar-refractivity contribution in [1.29, 1.82) is 0 Å².